The maximum atomic E-state index is 9.16. The van der Waals surface area contributed by atoms with Gasteiger partial charge in [-0.25, -0.2) is 0 Å². The zero-order valence-corrected chi connectivity index (χ0v) is 12.4. The summed E-state index contributed by atoms with van der Waals surface area (Å²) in [5.74, 6) is 1.49. The van der Waals surface area contributed by atoms with Gasteiger partial charge >= 0.3 is 0 Å². The highest BCUT2D eigenvalue weighted by atomic mass is 127. The number of benzene rings is 1. The Labute approximate surface area is 115 Å². The van der Waals surface area contributed by atoms with Crippen molar-refractivity contribution in [1.29, 1.82) is 0 Å². The second-order valence-corrected chi connectivity index (χ2v) is 4.96. The van der Waals surface area contributed by atoms with Gasteiger partial charge in [0.05, 0.1) is 23.9 Å². The summed E-state index contributed by atoms with van der Waals surface area (Å²) in [6.07, 6.45) is -0.339. The van der Waals surface area contributed by atoms with Crippen LogP contribution in [0.15, 0.2) is 12.1 Å². The van der Waals surface area contributed by atoms with Crippen molar-refractivity contribution >= 4 is 22.6 Å². The molecule has 96 valence electrons. The molecular weight excluding hydrogens is 333 g/mol. The number of aliphatic hydroxyl groups is 1. The Morgan fingerprint density at radius 2 is 2.06 bits per heavy atom. The molecule has 0 saturated heterocycles. The van der Waals surface area contributed by atoms with Crippen molar-refractivity contribution in [1.82, 2.24) is 5.32 Å². The molecular formula is C12H18INO3. The first-order valence-corrected chi connectivity index (χ1v) is 6.45. The Kier molecular flexibility index (Phi) is 6.01. The minimum atomic E-state index is -0.339. The Morgan fingerprint density at radius 3 is 2.59 bits per heavy atom. The van der Waals surface area contributed by atoms with Gasteiger partial charge in [0.1, 0.15) is 0 Å². The van der Waals surface area contributed by atoms with Gasteiger partial charge in [-0.3, -0.25) is 0 Å². The number of hydrogen-bond acceptors (Lipinski definition) is 4. The van der Waals surface area contributed by atoms with Crippen molar-refractivity contribution in [2.24, 2.45) is 0 Å². The third kappa shape index (κ3) is 4.33. The van der Waals surface area contributed by atoms with E-state index in [-0.39, 0.29) is 6.10 Å². The summed E-state index contributed by atoms with van der Waals surface area (Å²) in [7, 11) is 3.26. The van der Waals surface area contributed by atoms with Gasteiger partial charge < -0.3 is 19.9 Å². The van der Waals surface area contributed by atoms with Crippen LogP contribution in [0.4, 0.5) is 0 Å². The molecule has 2 N–H and O–H groups in total. The van der Waals surface area contributed by atoms with Gasteiger partial charge in [-0.1, -0.05) is 0 Å². The van der Waals surface area contributed by atoms with E-state index in [0.29, 0.717) is 13.1 Å². The lowest BCUT2D eigenvalue weighted by Crippen LogP contribution is -2.23. The second kappa shape index (κ2) is 7.03. The molecule has 0 aromatic heterocycles. The van der Waals surface area contributed by atoms with Crippen LogP contribution in [0.5, 0.6) is 11.5 Å². The van der Waals surface area contributed by atoms with Crippen LogP contribution in [0.25, 0.3) is 0 Å². The van der Waals surface area contributed by atoms with Crippen LogP contribution in [0.3, 0.4) is 0 Å². The highest BCUT2D eigenvalue weighted by molar-refractivity contribution is 14.1. The van der Waals surface area contributed by atoms with Crippen LogP contribution in [0.1, 0.15) is 12.5 Å². The van der Waals surface area contributed by atoms with E-state index < -0.39 is 0 Å². The van der Waals surface area contributed by atoms with Crippen molar-refractivity contribution < 1.29 is 14.6 Å². The number of nitrogens with one attached hydrogen (secondary N) is 1. The van der Waals surface area contributed by atoms with E-state index in [1.54, 1.807) is 21.1 Å². The molecule has 1 atom stereocenters. The molecule has 0 heterocycles. The van der Waals surface area contributed by atoms with Crippen LogP contribution in [0, 0.1) is 3.57 Å². The fourth-order valence-corrected chi connectivity index (χ4v) is 2.38. The van der Waals surface area contributed by atoms with Crippen LogP contribution in [-0.2, 0) is 6.54 Å². The summed E-state index contributed by atoms with van der Waals surface area (Å²) < 4.78 is 11.6. The molecule has 1 aromatic rings. The molecule has 0 spiro atoms. The van der Waals surface area contributed by atoms with Gasteiger partial charge in [0, 0.05) is 13.1 Å². The summed E-state index contributed by atoms with van der Waals surface area (Å²) in [4.78, 5) is 0. The molecule has 1 unspecified atom stereocenters. The number of aliphatic hydroxyl groups excluding tert-OH is 1. The quantitative estimate of drug-likeness (QED) is 0.768. The number of methoxy groups -OCH3 is 2. The molecule has 0 bridgehead atoms. The molecule has 17 heavy (non-hydrogen) atoms. The SMILES string of the molecule is COc1cc(CNCC(C)O)cc(I)c1OC. The van der Waals surface area contributed by atoms with Crippen LogP contribution in [0.2, 0.25) is 0 Å². The third-order valence-electron chi connectivity index (χ3n) is 2.26. The molecule has 0 saturated carbocycles. The van der Waals surface area contributed by atoms with Gasteiger partial charge in [-0.15, -0.1) is 0 Å². The molecule has 0 aliphatic heterocycles. The molecule has 0 aliphatic carbocycles. The van der Waals surface area contributed by atoms with E-state index in [1.165, 1.54) is 0 Å². The Morgan fingerprint density at radius 1 is 1.35 bits per heavy atom. The maximum Gasteiger partial charge on any atom is 0.174 e. The summed E-state index contributed by atoms with van der Waals surface area (Å²) in [5, 5.41) is 12.3. The minimum Gasteiger partial charge on any atom is -0.493 e. The largest absolute Gasteiger partial charge is 0.493 e. The fraction of sp³-hybridized carbons (Fsp3) is 0.500. The topological polar surface area (TPSA) is 50.7 Å². The first kappa shape index (κ1) is 14.5. The zero-order chi connectivity index (χ0) is 12.8. The summed E-state index contributed by atoms with van der Waals surface area (Å²) >= 11 is 2.22. The number of ether oxygens (including phenoxy) is 2. The van der Waals surface area contributed by atoms with Gasteiger partial charge in [-0.2, -0.15) is 0 Å². The van der Waals surface area contributed by atoms with Crippen molar-refractivity contribution in [2.45, 2.75) is 19.6 Å². The Bertz CT molecular complexity index is 369. The van der Waals surface area contributed by atoms with E-state index in [1.807, 2.05) is 12.1 Å². The predicted molar refractivity (Wildman–Crippen MR) is 75.7 cm³/mol. The van der Waals surface area contributed by atoms with E-state index in [0.717, 1.165) is 20.6 Å². The van der Waals surface area contributed by atoms with E-state index in [2.05, 4.69) is 27.9 Å². The van der Waals surface area contributed by atoms with E-state index in [4.69, 9.17) is 14.6 Å². The molecule has 1 rings (SSSR count). The predicted octanol–water partition coefficient (Wildman–Crippen LogP) is 1.78. The van der Waals surface area contributed by atoms with Gasteiger partial charge in [-0.05, 0) is 47.2 Å². The average molecular weight is 351 g/mol. The molecule has 4 nitrogen and oxygen atoms in total. The van der Waals surface area contributed by atoms with Gasteiger partial charge in [0.25, 0.3) is 0 Å². The second-order valence-electron chi connectivity index (χ2n) is 3.79. The normalized spacial score (nSPS) is 12.3. The Balaban J connectivity index is 2.77. The van der Waals surface area contributed by atoms with E-state index in [9.17, 15) is 0 Å². The van der Waals surface area contributed by atoms with Crippen molar-refractivity contribution in [3.63, 3.8) is 0 Å². The van der Waals surface area contributed by atoms with Crippen molar-refractivity contribution in [3.8, 4) is 11.5 Å². The van der Waals surface area contributed by atoms with Gasteiger partial charge in [0.2, 0.25) is 0 Å². The van der Waals surface area contributed by atoms with Crippen LogP contribution >= 0.6 is 22.6 Å². The number of rotatable bonds is 6. The number of halogens is 1. The minimum absolute atomic E-state index is 0.339. The van der Waals surface area contributed by atoms with E-state index >= 15 is 0 Å². The highest BCUT2D eigenvalue weighted by Crippen LogP contribution is 2.33. The standard InChI is InChI=1S/C12H18INO3/c1-8(15)6-14-7-9-4-10(13)12(17-3)11(5-9)16-2/h4-5,8,14-15H,6-7H2,1-3H3. The maximum absolute atomic E-state index is 9.16. The molecule has 0 radical (unpaired) electrons. The fourth-order valence-electron chi connectivity index (χ4n) is 1.50. The smallest absolute Gasteiger partial charge is 0.174 e. The molecule has 0 fully saturated rings. The van der Waals surface area contributed by atoms with Gasteiger partial charge in [0.15, 0.2) is 11.5 Å². The summed E-state index contributed by atoms with van der Waals surface area (Å²) in [6.45, 7) is 3.03. The molecule has 0 amide bonds. The molecule has 1 aromatic carbocycles. The van der Waals surface area contributed by atoms with Crippen LogP contribution < -0.4 is 14.8 Å². The lowest BCUT2D eigenvalue weighted by atomic mass is 10.2. The first-order valence-electron chi connectivity index (χ1n) is 5.37. The van der Waals surface area contributed by atoms with Crippen molar-refractivity contribution in [3.05, 3.63) is 21.3 Å². The lowest BCUT2D eigenvalue weighted by molar-refractivity contribution is 0.191. The molecule has 0 aliphatic rings. The third-order valence-corrected chi connectivity index (χ3v) is 3.06. The van der Waals surface area contributed by atoms with Crippen LogP contribution in [-0.4, -0.2) is 32.0 Å². The monoisotopic (exact) mass is 351 g/mol. The highest BCUT2D eigenvalue weighted by Gasteiger charge is 2.10. The zero-order valence-electron chi connectivity index (χ0n) is 10.3. The van der Waals surface area contributed by atoms with Crippen molar-refractivity contribution in [2.75, 3.05) is 20.8 Å². The summed E-state index contributed by atoms with van der Waals surface area (Å²) in [6, 6.07) is 3.98. The lowest BCUT2D eigenvalue weighted by Gasteiger charge is -2.13. The average Bonchev–Trinajstić information content (AvgIpc) is 2.27. The first-order chi connectivity index (χ1) is 8.08. The Hall–Kier alpha value is -0.530. The molecule has 5 heteroatoms. The number of hydrogen-bond donors (Lipinski definition) is 2. The summed E-state index contributed by atoms with van der Waals surface area (Å²) in [5.41, 5.74) is 1.10.